The zero-order valence-corrected chi connectivity index (χ0v) is 19.6. The molecule has 1 saturated heterocycles. The lowest BCUT2D eigenvalue weighted by molar-refractivity contribution is -0.140. The number of esters is 1. The van der Waals surface area contributed by atoms with Gasteiger partial charge >= 0.3 is 12.1 Å². The zero-order chi connectivity index (χ0) is 21.9. The summed E-state index contributed by atoms with van der Waals surface area (Å²) in [6, 6.07) is 0. The first kappa shape index (κ1) is 24.6. The third-order valence-electron chi connectivity index (χ3n) is 4.44. The Labute approximate surface area is 170 Å². The molecule has 1 radical (unpaired) electrons. The molecule has 1 fully saturated rings. The minimum Gasteiger partial charge on any atom is -0.461 e. The van der Waals surface area contributed by atoms with Crippen molar-refractivity contribution in [3.8, 4) is 0 Å². The van der Waals surface area contributed by atoms with Crippen LogP contribution in [0.4, 0.5) is 9.18 Å². The maximum Gasteiger partial charge on any atom is 0.412 e. The number of amides is 1. The molecule has 0 aromatic heterocycles. The van der Waals surface area contributed by atoms with Gasteiger partial charge in [0.25, 0.3) is 0 Å². The van der Waals surface area contributed by atoms with E-state index >= 15 is 0 Å². The van der Waals surface area contributed by atoms with Crippen LogP contribution in [-0.2, 0) is 18.7 Å². The molecule has 0 aromatic carbocycles. The fourth-order valence-corrected chi connectivity index (χ4v) is 4.06. The standard InChI is InChI=1S/C20H35FNO5Si/c1-10-25-16(23)15(21)12-20(27-28(8)9)11-14(18(2,3)4)13-22(20)17(24)26-19(5,6)7/h12,14H,10-11,13H2,1-9H3/t14-,20-/m0/s1. The number of carbonyl (C=O) groups excluding carboxylic acids is 2. The third kappa shape index (κ3) is 6.58. The molecule has 0 unspecified atom stereocenters. The van der Waals surface area contributed by atoms with Crippen molar-refractivity contribution in [3.63, 3.8) is 0 Å². The first-order chi connectivity index (χ1) is 12.6. The fraction of sp³-hybridized carbons (Fsp3) is 0.800. The van der Waals surface area contributed by atoms with Gasteiger partial charge in [0.05, 0.1) is 6.61 Å². The van der Waals surface area contributed by atoms with Gasteiger partial charge in [-0.3, -0.25) is 4.90 Å². The smallest absolute Gasteiger partial charge is 0.412 e. The largest absolute Gasteiger partial charge is 0.461 e. The lowest BCUT2D eigenvalue weighted by Gasteiger charge is -2.38. The topological polar surface area (TPSA) is 65.1 Å². The summed E-state index contributed by atoms with van der Waals surface area (Å²) in [4.78, 5) is 26.3. The van der Waals surface area contributed by atoms with E-state index in [-0.39, 0.29) is 17.9 Å². The van der Waals surface area contributed by atoms with Gasteiger partial charge in [0.2, 0.25) is 14.9 Å². The van der Waals surface area contributed by atoms with E-state index in [0.29, 0.717) is 13.0 Å². The van der Waals surface area contributed by atoms with Gasteiger partial charge in [-0.15, -0.1) is 0 Å². The molecule has 1 aliphatic rings. The number of carbonyl (C=O) groups is 2. The lowest BCUT2D eigenvalue weighted by Crippen LogP contribution is -2.51. The summed E-state index contributed by atoms with van der Waals surface area (Å²) in [5, 5.41) is 0. The van der Waals surface area contributed by atoms with Crippen molar-refractivity contribution >= 4 is 21.1 Å². The Kier molecular flexibility index (Phi) is 7.87. The first-order valence-electron chi connectivity index (χ1n) is 9.66. The van der Waals surface area contributed by atoms with E-state index in [9.17, 15) is 14.0 Å². The predicted molar refractivity (Wildman–Crippen MR) is 108 cm³/mol. The maximum absolute atomic E-state index is 14.7. The van der Waals surface area contributed by atoms with Crippen LogP contribution < -0.4 is 0 Å². The minimum absolute atomic E-state index is 0.0348. The summed E-state index contributed by atoms with van der Waals surface area (Å²) < 4.78 is 31.2. The summed E-state index contributed by atoms with van der Waals surface area (Å²) in [6.45, 7) is 17.3. The summed E-state index contributed by atoms with van der Waals surface area (Å²) in [6.07, 6.45) is 0.881. The van der Waals surface area contributed by atoms with E-state index in [1.165, 1.54) is 4.90 Å². The fourth-order valence-electron chi connectivity index (χ4n) is 3.10. The Morgan fingerprint density at radius 1 is 1.21 bits per heavy atom. The van der Waals surface area contributed by atoms with Gasteiger partial charge in [0.1, 0.15) is 5.60 Å². The van der Waals surface area contributed by atoms with Crippen LogP contribution in [0.25, 0.3) is 0 Å². The van der Waals surface area contributed by atoms with Crippen molar-refractivity contribution in [3.05, 3.63) is 11.9 Å². The van der Waals surface area contributed by atoms with Crippen molar-refractivity contribution in [1.82, 2.24) is 4.90 Å². The molecule has 1 rings (SSSR count). The van der Waals surface area contributed by atoms with Crippen molar-refractivity contribution in [2.45, 2.75) is 79.3 Å². The summed E-state index contributed by atoms with van der Waals surface area (Å²) >= 11 is 0. The Balaban J connectivity index is 3.44. The normalized spacial score (nSPS) is 23.9. The number of hydrogen-bond donors (Lipinski definition) is 0. The van der Waals surface area contributed by atoms with E-state index < -0.39 is 38.3 Å². The maximum atomic E-state index is 14.7. The Bertz CT molecular complexity index is 609. The van der Waals surface area contributed by atoms with Gasteiger partial charge in [-0.25, -0.2) is 9.59 Å². The van der Waals surface area contributed by atoms with Crippen LogP contribution in [0.1, 0.15) is 54.9 Å². The SMILES string of the molecule is CCOC(=O)C(F)=C[C@@]1(O[Si](C)C)C[C@H](C(C)(C)C)CN1C(=O)OC(C)(C)C. The van der Waals surface area contributed by atoms with Gasteiger partial charge in [-0.1, -0.05) is 20.8 Å². The molecule has 28 heavy (non-hydrogen) atoms. The van der Waals surface area contributed by atoms with Gasteiger partial charge in [0.15, 0.2) is 5.72 Å². The molecule has 0 spiro atoms. The number of rotatable bonds is 5. The minimum atomic E-state index is -1.38. The highest BCUT2D eigenvalue weighted by Crippen LogP contribution is 2.45. The summed E-state index contributed by atoms with van der Waals surface area (Å²) in [5.74, 6) is -2.09. The van der Waals surface area contributed by atoms with Gasteiger partial charge in [0, 0.05) is 19.0 Å². The molecule has 161 valence electrons. The molecule has 0 aromatic rings. The average Bonchev–Trinajstić information content (AvgIpc) is 2.84. The highest BCUT2D eigenvalue weighted by atomic mass is 28.3. The van der Waals surface area contributed by atoms with Crippen LogP contribution in [0.2, 0.25) is 13.1 Å². The molecule has 0 saturated carbocycles. The van der Waals surface area contributed by atoms with Crippen molar-refractivity contribution in [1.29, 1.82) is 0 Å². The summed E-state index contributed by atoms with van der Waals surface area (Å²) in [5.41, 5.74) is -2.23. The van der Waals surface area contributed by atoms with Crippen molar-refractivity contribution in [2.24, 2.45) is 11.3 Å². The second-order valence-electron chi connectivity index (χ2n) is 9.43. The molecule has 0 aliphatic carbocycles. The van der Waals surface area contributed by atoms with E-state index in [1.54, 1.807) is 27.7 Å². The Morgan fingerprint density at radius 2 is 1.79 bits per heavy atom. The molecular formula is C20H35FNO5Si. The quantitative estimate of drug-likeness (QED) is 0.370. The summed E-state index contributed by atoms with van der Waals surface area (Å²) in [7, 11) is -1.35. The molecule has 1 amide bonds. The lowest BCUT2D eigenvalue weighted by atomic mass is 9.79. The van der Waals surface area contributed by atoms with Crippen LogP contribution in [0.15, 0.2) is 11.9 Å². The molecule has 6 nitrogen and oxygen atoms in total. The number of nitrogens with zero attached hydrogens (tertiary/aromatic N) is 1. The van der Waals surface area contributed by atoms with Crippen LogP contribution in [-0.4, -0.2) is 50.5 Å². The molecule has 0 N–H and O–H groups in total. The molecule has 2 atom stereocenters. The van der Waals surface area contributed by atoms with E-state index in [2.05, 4.69) is 20.8 Å². The van der Waals surface area contributed by atoms with E-state index in [0.717, 1.165) is 6.08 Å². The van der Waals surface area contributed by atoms with Crippen LogP contribution >= 0.6 is 0 Å². The number of hydrogen-bond acceptors (Lipinski definition) is 5. The van der Waals surface area contributed by atoms with Crippen molar-refractivity contribution in [2.75, 3.05) is 13.2 Å². The predicted octanol–water partition coefficient (Wildman–Crippen LogP) is 4.67. The molecule has 0 bridgehead atoms. The van der Waals surface area contributed by atoms with Gasteiger partial charge < -0.3 is 13.9 Å². The number of likely N-dealkylation sites (tertiary alicyclic amines) is 1. The molecule has 1 heterocycles. The second-order valence-corrected chi connectivity index (χ2v) is 11.4. The first-order valence-corrected chi connectivity index (χ1v) is 12.1. The Hall–Kier alpha value is -1.41. The molecule has 8 heteroatoms. The third-order valence-corrected chi connectivity index (χ3v) is 5.20. The number of halogens is 1. The zero-order valence-electron chi connectivity index (χ0n) is 18.6. The van der Waals surface area contributed by atoms with Crippen LogP contribution in [0.5, 0.6) is 0 Å². The van der Waals surface area contributed by atoms with Gasteiger partial charge in [-0.2, -0.15) is 4.39 Å². The van der Waals surface area contributed by atoms with Crippen molar-refractivity contribution < 1.29 is 27.9 Å². The number of ether oxygens (including phenoxy) is 2. The average molecular weight is 417 g/mol. The van der Waals surface area contributed by atoms with Crippen LogP contribution in [0, 0.1) is 11.3 Å². The highest BCUT2D eigenvalue weighted by molar-refractivity contribution is 6.48. The Morgan fingerprint density at radius 3 is 2.21 bits per heavy atom. The second kappa shape index (κ2) is 8.94. The monoisotopic (exact) mass is 416 g/mol. The molecule has 1 aliphatic heterocycles. The van der Waals surface area contributed by atoms with Crippen LogP contribution in [0.3, 0.4) is 0 Å². The molecular weight excluding hydrogens is 381 g/mol. The van der Waals surface area contributed by atoms with Gasteiger partial charge in [-0.05, 0) is 52.1 Å². The van der Waals surface area contributed by atoms with E-state index in [4.69, 9.17) is 13.9 Å². The van der Waals surface area contributed by atoms with E-state index in [1.807, 2.05) is 13.1 Å². The highest BCUT2D eigenvalue weighted by Gasteiger charge is 2.52.